The van der Waals surface area contributed by atoms with Crippen molar-refractivity contribution in [2.24, 2.45) is 0 Å². The quantitative estimate of drug-likeness (QED) is 0.596. The van der Waals surface area contributed by atoms with Crippen LogP contribution in [0.4, 0.5) is 4.79 Å². The van der Waals surface area contributed by atoms with Gasteiger partial charge in [-0.05, 0) is 32.6 Å². The third-order valence-corrected chi connectivity index (χ3v) is 5.56. The molecule has 0 aromatic carbocycles. The first-order chi connectivity index (χ1) is 12.4. The SMILES string of the molecule is C[C@H](OC(=O)CN1C(=O)NC2(CCCC2)C1=O)C(=O)N1CCCCCC1. The highest BCUT2D eigenvalue weighted by atomic mass is 16.5. The maximum atomic E-state index is 12.5. The van der Waals surface area contributed by atoms with Crippen molar-refractivity contribution in [3.05, 3.63) is 0 Å². The molecular weight excluding hydrogens is 338 g/mol. The van der Waals surface area contributed by atoms with Gasteiger partial charge in [-0.2, -0.15) is 0 Å². The molecule has 1 N–H and O–H groups in total. The summed E-state index contributed by atoms with van der Waals surface area (Å²) in [6, 6.07) is -0.555. The summed E-state index contributed by atoms with van der Waals surface area (Å²) >= 11 is 0. The average Bonchev–Trinajstić information content (AvgIpc) is 3.03. The largest absolute Gasteiger partial charge is 0.451 e. The van der Waals surface area contributed by atoms with Gasteiger partial charge in [-0.3, -0.25) is 19.3 Å². The van der Waals surface area contributed by atoms with Crippen LogP contribution in [0.2, 0.25) is 0 Å². The van der Waals surface area contributed by atoms with Crippen LogP contribution in [-0.4, -0.2) is 64.9 Å². The first-order valence-electron chi connectivity index (χ1n) is 9.55. The summed E-state index contributed by atoms with van der Waals surface area (Å²) < 4.78 is 5.21. The third-order valence-electron chi connectivity index (χ3n) is 5.56. The van der Waals surface area contributed by atoms with Crippen LogP contribution < -0.4 is 5.32 Å². The van der Waals surface area contributed by atoms with Gasteiger partial charge >= 0.3 is 12.0 Å². The fraction of sp³-hybridized carbons (Fsp3) is 0.778. The van der Waals surface area contributed by atoms with E-state index in [-0.39, 0.29) is 11.8 Å². The zero-order chi connectivity index (χ0) is 18.7. The van der Waals surface area contributed by atoms with Crippen molar-refractivity contribution < 1.29 is 23.9 Å². The van der Waals surface area contributed by atoms with Crippen LogP contribution in [0.1, 0.15) is 58.3 Å². The Labute approximate surface area is 153 Å². The number of carbonyl (C=O) groups is 4. The maximum Gasteiger partial charge on any atom is 0.327 e. The normalized spacial score (nSPS) is 23.7. The van der Waals surface area contributed by atoms with E-state index in [9.17, 15) is 19.2 Å². The number of imide groups is 1. The Kier molecular flexibility index (Phi) is 5.48. The van der Waals surface area contributed by atoms with Crippen LogP contribution in [0.5, 0.6) is 0 Å². The highest BCUT2D eigenvalue weighted by Gasteiger charge is 2.52. The van der Waals surface area contributed by atoms with Crippen molar-refractivity contribution in [1.29, 1.82) is 0 Å². The number of nitrogens with one attached hydrogen (secondary N) is 1. The topological polar surface area (TPSA) is 96.0 Å². The minimum atomic E-state index is -0.915. The van der Waals surface area contributed by atoms with Gasteiger partial charge in [0.15, 0.2) is 6.10 Å². The van der Waals surface area contributed by atoms with E-state index in [4.69, 9.17) is 4.74 Å². The number of amides is 4. The molecule has 3 rings (SSSR count). The monoisotopic (exact) mass is 365 g/mol. The number of hydrogen-bond acceptors (Lipinski definition) is 5. The Balaban J connectivity index is 1.54. The number of esters is 1. The first kappa shape index (κ1) is 18.7. The molecule has 1 saturated carbocycles. The summed E-state index contributed by atoms with van der Waals surface area (Å²) in [6.07, 6.45) is 6.17. The van der Waals surface area contributed by atoms with Gasteiger partial charge in [0.05, 0.1) is 0 Å². The molecule has 0 aromatic rings. The van der Waals surface area contributed by atoms with Gasteiger partial charge in [-0.15, -0.1) is 0 Å². The molecule has 3 fully saturated rings. The molecule has 144 valence electrons. The van der Waals surface area contributed by atoms with Gasteiger partial charge in [0.1, 0.15) is 12.1 Å². The Morgan fingerprint density at radius 2 is 1.69 bits per heavy atom. The molecule has 1 spiro atoms. The minimum absolute atomic E-state index is 0.218. The third kappa shape index (κ3) is 3.68. The Bertz CT molecular complexity index is 592. The molecule has 0 radical (unpaired) electrons. The summed E-state index contributed by atoms with van der Waals surface area (Å²) in [4.78, 5) is 51.9. The van der Waals surface area contributed by atoms with Gasteiger partial charge in [-0.25, -0.2) is 4.79 Å². The number of likely N-dealkylation sites (tertiary alicyclic amines) is 1. The standard InChI is InChI=1S/C18H27N3O5/c1-13(15(23)20-10-6-2-3-7-11-20)26-14(22)12-21-16(24)18(19-17(21)25)8-4-5-9-18/h13H,2-12H2,1H3,(H,19,25)/t13-/m0/s1. The number of ether oxygens (including phenoxy) is 1. The van der Waals surface area contributed by atoms with Crippen molar-refractivity contribution in [2.45, 2.75) is 69.9 Å². The predicted octanol–water partition coefficient (Wildman–Crippen LogP) is 1.19. The van der Waals surface area contributed by atoms with E-state index < -0.39 is 30.2 Å². The molecular formula is C18H27N3O5. The van der Waals surface area contributed by atoms with Gasteiger partial charge in [0.2, 0.25) is 0 Å². The lowest BCUT2D eigenvalue weighted by Crippen LogP contribution is -2.45. The highest BCUT2D eigenvalue weighted by Crippen LogP contribution is 2.34. The highest BCUT2D eigenvalue weighted by molar-refractivity contribution is 6.08. The van der Waals surface area contributed by atoms with E-state index in [0.717, 1.165) is 43.4 Å². The van der Waals surface area contributed by atoms with Crippen LogP contribution in [0.3, 0.4) is 0 Å². The van der Waals surface area contributed by atoms with E-state index in [1.807, 2.05) is 0 Å². The molecule has 0 bridgehead atoms. The van der Waals surface area contributed by atoms with Crippen molar-refractivity contribution in [3.63, 3.8) is 0 Å². The zero-order valence-electron chi connectivity index (χ0n) is 15.3. The molecule has 8 nitrogen and oxygen atoms in total. The predicted molar refractivity (Wildman–Crippen MR) is 92.0 cm³/mol. The van der Waals surface area contributed by atoms with Gasteiger partial charge < -0.3 is 15.0 Å². The fourth-order valence-corrected chi connectivity index (χ4v) is 4.10. The smallest absolute Gasteiger partial charge is 0.327 e. The van der Waals surface area contributed by atoms with Crippen molar-refractivity contribution >= 4 is 23.8 Å². The van der Waals surface area contributed by atoms with Crippen LogP contribution >= 0.6 is 0 Å². The maximum absolute atomic E-state index is 12.5. The van der Waals surface area contributed by atoms with Crippen molar-refractivity contribution in [1.82, 2.24) is 15.1 Å². The fourth-order valence-electron chi connectivity index (χ4n) is 4.10. The molecule has 26 heavy (non-hydrogen) atoms. The number of hydrogen-bond donors (Lipinski definition) is 1. The van der Waals surface area contributed by atoms with E-state index in [0.29, 0.717) is 25.9 Å². The lowest BCUT2D eigenvalue weighted by molar-refractivity contribution is -0.160. The molecule has 1 atom stereocenters. The van der Waals surface area contributed by atoms with Crippen LogP contribution in [0.25, 0.3) is 0 Å². The molecule has 2 heterocycles. The molecule has 1 aliphatic carbocycles. The van der Waals surface area contributed by atoms with E-state index >= 15 is 0 Å². The molecule has 0 aromatic heterocycles. The number of urea groups is 1. The van der Waals surface area contributed by atoms with Gasteiger partial charge in [0, 0.05) is 13.1 Å². The Morgan fingerprint density at radius 1 is 1.08 bits per heavy atom. The van der Waals surface area contributed by atoms with Crippen LogP contribution in [0.15, 0.2) is 0 Å². The summed E-state index contributed by atoms with van der Waals surface area (Å²) in [7, 11) is 0. The summed E-state index contributed by atoms with van der Waals surface area (Å²) in [6.45, 7) is 2.44. The second-order valence-corrected chi connectivity index (χ2v) is 7.48. The van der Waals surface area contributed by atoms with Gasteiger partial charge in [-0.1, -0.05) is 25.7 Å². The molecule has 3 aliphatic rings. The Morgan fingerprint density at radius 3 is 2.31 bits per heavy atom. The number of nitrogens with zero attached hydrogens (tertiary/aromatic N) is 2. The Hall–Kier alpha value is -2.12. The molecule has 8 heteroatoms. The average molecular weight is 365 g/mol. The lowest BCUT2D eigenvalue weighted by atomic mass is 9.98. The number of rotatable bonds is 4. The second-order valence-electron chi connectivity index (χ2n) is 7.48. The zero-order valence-corrected chi connectivity index (χ0v) is 15.3. The van der Waals surface area contributed by atoms with Crippen LogP contribution in [-0.2, 0) is 19.1 Å². The molecule has 0 unspecified atom stereocenters. The van der Waals surface area contributed by atoms with E-state index in [1.54, 1.807) is 4.90 Å². The summed E-state index contributed by atoms with van der Waals surface area (Å²) in [5.74, 6) is -1.31. The molecule has 4 amide bonds. The van der Waals surface area contributed by atoms with Crippen molar-refractivity contribution in [2.75, 3.05) is 19.6 Å². The lowest BCUT2D eigenvalue weighted by Gasteiger charge is -2.24. The van der Waals surface area contributed by atoms with Gasteiger partial charge in [0.25, 0.3) is 11.8 Å². The molecule has 2 saturated heterocycles. The molecule has 2 aliphatic heterocycles. The minimum Gasteiger partial charge on any atom is -0.451 e. The summed E-state index contributed by atoms with van der Waals surface area (Å²) in [5, 5.41) is 2.72. The van der Waals surface area contributed by atoms with E-state index in [1.165, 1.54) is 6.92 Å². The number of carbonyl (C=O) groups excluding carboxylic acids is 4. The first-order valence-corrected chi connectivity index (χ1v) is 9.55. The summed E-state index contributed by atoms with van der Waals surface area (Å²) in [5.41, 5.74) is -0.842. The van der Waals surface area contributed by atoms with Crippen molar-refractivity contribution in [3.8, 4) is 0 Å². The second kappa shape index (κ2) is 7.63. The van der Waals surface area contributed by atoms with E-state index in [2.05, 4.69) is 5.32 Å². The van der Waals surface area contributed by atoms with Crippen LogP contribution in [0, 0.1) is 0 Å².